The summed E-state index contributed by atoms with van der Waals surface area (Å²) in [6, 6.07) is 14.1. The molecule has 2 aliphatic rings. The van der Waals surface area contributed by atoms with E-state index in [1.54, 1.807) is 25.1 Å². The number of benzene rings is 2. The van der Waals surface area contributed by atoms with Gasteiger partial charge in [0.05, 0.1) is 10.9 Å². The summed E-state index contributed by atoms with van der Waals surface area (Å²) in [5, 5.41) is 0.320. The van der Waals surface area contributed by atoms with Gasteiger partial charge in [-0.2, -0.15) is 0 Å². The van der Waals surface area contributed by atoms with E-state index in [2.05, 4.69) is 0 Å². The van der Waals surface area contributed by atoms with E-state index in [0.29, 0.717) is 23.3 Å². The maximum atomic E-state index is 13.7. The molecule has 5 rings (SSSR count). The van der Waals surface area contributed by atoms with E-state index in [-0.39, 0.29) is 41.4 Å². The van der Waals surface area contributed by atoms with Crippen molar-refractivity contribution >= 4 is 16.9 Å². The van der Waals surface area contributed by atoms with Gasteiger partial charge in [0, 0.05) is 36.6 Å². The van der Waals surface area contributed by atoms with Gasteiger partial charge in [0.15, 0.2) is 11.0 Å². The van der Waals surface area contributed by atoms with Crippen LogP contribution in [-0.2, 0) is 0 Å². The number of alkyl halides is 2. The van der Waals surface area contributed by atoms with Gasteiger partial charge in [-0.3, -0.25) is 9.59 Å². The lowest BCUT2D eigenvalue weighted by atomic mass is 9.72. The van der Waals surface area contributed by atoms with E-state index in [0.717, 1.165) is 5.56 Å². The number of amides is 1. The monoisotopic (exact) mass is 395 g/mol. The second-order valence-corrected chi connectivity index (χ2v) is 7.98. The lowest BCUT2D eigenvalue weighted by Crippen LogP contribution is -2.46. The Hall–Kier alpha value is -3.02. The van der Waals surface area contributed by atoms with Crippen LogP contribution >= 0.6 is 0 Å². The van der Waals surface area contributed by atoms with Crippen molar-refractivity contribution in [3.05, 3.63) is 69.9 Å². The van der Waals surface area contributed by atoms with Crippen LogP contribution in [0, 0.1) is 18.8 Å². The maximum absolute atomic E-state index is 13.7. The Labute approximate surface area is 165 Å². The molecule has 0 N–H and O–H groups in total. The number of rotatable bonds is 2. The minimum Gasteiger partial charge on any atom is -0.455 e. The Morgan fingerprint density at radius 1 is 1.10 bits per heavy atom. The van der Waals surface area contributed by atoms with Crippen molar-refractivity contribution in [2.45, 2.75) is 19.3 Å². The molecule has 0 spiro atoms. The molecule has 1 saturated heterocycles. The summed E-state index contributed by atoms with van der Waals surface area (Å²) in [4.78, 5) is 27.6. The summed E-state index contributed by atoms with van der Waals surface area (Å²) in [6.45, 7) is 2.05. The summed E-state index contributed by atoms with van der Waals surface area (Å²) >= 11 is 0. The second kappa shape index (κ2) is 6.24. The molecule has 1 saturated carbocycles. The molecular formula is C23H19F2NO3. The summed E-state index contributed by atoms with van der Waals surface area (Å²) < 4.78 is 33.5. The van der Waals surface area contributed by atoms with E-state index >= 15 is 0 Å². The molecule has 29 heavy (non-hydrogen) atoms. The molecule has 0 bridgehead atoms. The van der Waals surface area contributed by atoms with Crippen LogP contribution in [0.3, 0.4) is 0 Å². The maximum Gasteiger partial charge on any atom is 0.257 e. The highest BCUT2D eigenvalue weighted by Gasteiger charge is 2.60. The van der Waals surface area contributed by atoms with E-state index in [1.807, 2.05) is 30.3 Å². The molecule has 1 amide bonds. The first kappa shape index (κ1) is 18.0. The lowest BCUT2D eigenvalue weighted by Gasteiger charge is -2.38. The number of likely N-dealkylation sites (tertiary alicyclic amines) is 1. The zero-order chi connectivity index (χ0) is 20.3. The second-order valence-electron chi connectivity index (χ2n) is 7.98. The van der Waals surface area contributed by atoms with Gasteiger partial charge in [-0.15, -0.1) is 0 Å². The van der Waals surface area contributed by atoms with E-state index in [9.17, 15) is 18.4 Å². The third-order valence-electron chi connectivity index (χ3n) is 6.22. The first-order valence-corrected chi connectivity index (χ1v) is 9.66. The van der Waals surface area contributed by atoms with Gasteiger partial charge < -0.3 is 9.32 Å². The molecule has 2 atom stereocenters. The summed E-state index contributed by atoms with van der Waals surface area (Å²) in [6.07, 6.45) is -0.163. The molecule has 2 aromatic carbocycles. The highest BCUT2D eigenvalue weighted by molar-refractivity contribution is 6.05. The quantitative estimate of drug-likeness (QED) is 0.642. The van der Waals surface area contributed by atoms with Crippen LogP contribution in [0.1, 0.15) is 22.3 Å². The SMILES string of the molecule is Cc1c(-c2ccccc2)oc2c(C(=O)N3CC4CC(F)(F)C4C3)cccc2c1=O. The van der Waals surface area contributed by atoms with E-state index < -0.39 is 11.8 Å². The average Bonchev–Trinajstić information content (AvgIpc) is 3.09. The van der Waals surface area contributed by atoms with Crippen LogP contribution in [-0.4, -0.2) is 29.8 Å². The number of hydrogen-bond donors (Lipinski definition) is 0. The number of hydrogen-bond acceptors (Lipinski definition) is 3. The normalized spacial score (nSPS) is 22.4. The standard InChI is InChI=1S/C23H19F2NO3/c1-13-19(27)16-8-5-9-17(21(16)29-20(13)14-6-3-2-4-7-14)22(28)26-11-15-10-23(24,25)18(15)12-26/h2-9,15,18H,10-12H2,1H3. The molecule has 1 aliphatic heterocycles. The third-order valence-corrected chi connectivity index (χ3v) is 6.22. The third kappa shape index (κ3) is 2.69. The van der Waals surface area contributed by atoms with Crippen molar-refractivity contribution in [3.63, 3.8) is 0 Å². The van der Waals surface area contributed by atoms with Crippen LogP contribution in [0.25, 0.3) is 22.3 Å². The van der Waals surface area contributed by atoms with Crippen molar-refractivity contribution in [1.82, 2.24) is 4.90 Å². The van der Waals surface area contributed by atoms with Crippen LogP contribution < -0.4 is 5.43 Å². The number of halogens is 2. The molecule has 1 aromatic heterocycles. The zero-order valence-electron chi connectivity index (χ0n) is 15.8. The molecule has 6 heteroatoms. The van der Waals surface area contributed by atoms with E-state index in [4.69, 9.17) is 4.42 Å². The van der Waals surface area contributed by atoms with Gasteiger partial charge in [-0.1, -0.05) is 36.4 Å². The number of nitrogens with zero attached hydrogens (tertiary/aromatic N) is 1. The predicted molar refractivity (Wildman–Crippen MR) is 105 cm³/mol. The highest BCUT2D eigenvalue weighted by Crippen LogP contribution is 2.52. The number of fused-ring (bicyclic) bond motifs is 2. The lowest BCUT2D eigenvalue weighted by molar-refractivity contribution is -0.152. The highest BCUT2D eigenvalue weighted by atomic mass is 19.3. The Bertz CT molecular complexity index is 1190. The molecule has 0 radical (unpaired) electrons. The largest absolute Gasteiger partial charge is 0.455 e. The molecule has 148 valence electrons. The average molecular weight is 395 g/mol. The van der Waals surface area contributed by atoms with Crippen molar-refractivity contribution < 1.29 is 18.0 Å². The van der Waals surface area contributed by atoms with Gasteiger partial charge in [-0.25, -0.2) is 8.78 Å². The van der Waals surface area contributed by atoms with Crippen molar-refractivity contribution in [2.24, 2.45) is 11.8 Å². The summed E-state index contributed by atoms with van der Waals surface area (Å²) in [7, 11) is 0. The first-order valence-electron chi connectivity index (χ1n) is 9.66. The van der Waals surface area contributed by atoms with Crippen molar-refractivity contribution in [2.75, 3.05) is 13.1 Å². The topological polar surface area (TPSA) is 50.5 Å². The molecular weight excluding hydrogens is 376 g/mol. The number of carbonyl (C=O) groups excluding carboxylic acids is 1. The molecule has 4 nitrogen and oxygen atoms in total. The van der Waals surface area contributed by atoms with Crippen LogP contribution in [0.15, 0.2) is 57.7 Å². The summed E-state index contributed by atoms with van der Waals surface area (Å²) in [5.41, 5.74) is 1.45. The Morgan fingerprint density at radius 2 is 1.86 bits per heavy atom. The van der Waals surface area contributed by atoms with Gasteiger partial charge in [0.1, 0.15) is 5.76 Å². The van der Waals surface area contributed by atoms with E-state index in [1.165, 1.54) is 4.90 Å². The van der Waals surface area contributed by atoms with Crippen molar-refractivity contribution in [1.29, 1.82) is 0 Å². The van der Waals surface area contributed by atoms with Crippen LogP contribution in [0.4, 0.5) is 8.78 Å². The molecule has 2 heterocycles. The smallest absolute Gasteiger partial charge is 0.257 e. The van der Waals surface area contributed by atoms with Gasteiger partial charge in [0.25, 0.3) is 11.8 Å². The first-order chi connectivity index (χ1) is 13.9. The van der Waals surface area contributed by atoms with Gasteiger partial charge >= 0.3 is 0 Å². The predicted octanol–water partition coefficient (Wildman–Crippen LogP) is 4.50. The number of carbonyl (C=O) groups is 1. The van der Waals surface area contributed by atoms with Crippen molar-refractivity contribution in [3.8, 4) is 11.3 Å². The Balaban J connectivity index is 1.61. The minimum atomic E-state index is -2.69. The fourth-order valence-electron chi connectivity index (χ4n) is 4.58. The van der Waals surface area contributed by atoms with Crippen LogP contribution in [0.5, 0.6) is 0 Å². The molecule has 3 aromatic rings. The Kier molecular flexibility index (Phi) is 3.88. The van der Waals surface area contributed by atoms with Gasteiger partial charge in [-0.05, 0) is 25.0 Å². The zero-order valence-corrected chi connectivity index (χ0v) is 15.8. The van der Waals surface area contributed by atoms with Gasteiger partial charge in [0.2, 0.25) is 0 Å². The molecule has 2 fully saturated rings. The fourth-order valence-corrected chi connectivity index (χ4v) is 4.58. The van der Waals surface area contributed by atoms with Crippen LogP contribution in [0.2, 0.25) is 0 Å². The number of para-hydroxylation sites is 1. The minimum absolute atomic E-state index is 0.0362. The summed E-state index contributed by atoms with van der Waals surface area (Å²) in [5.74, 6) is -3.57. The molecule has 2 unspecified atom stereocenters. The molecule has 1 aliphatic carbocycles. The fraction of sp³-hybridized carbons (Fsp3) is 0.304. The Morgan fingerprint density at radius 3 is 2.55 bits per heavy atom.